The number of amides is 1. The highest BCUT2D eigenvalue weighted by Gasteiger charge is 2.14. The number of likely N-dealkylation sites (N-methyl/N-ethyl adjacent to an activating group) is 1. The maximum atomic E-state index is 12.6. The predicted octanol–water partition coefficient (Wildman–Crippen LogP) is 1.72. The van der Waals surface area contributed by atoms with Crippen molar-refractivity contribution in [2.75, 3.05) is 33.3 Å². The van der Waals surface area contributed by atoms with Gasteiger partial charge in [-0.2, -0.15) is 0 Å². The second-order valence-corrected chi connectivity index (χ2v) is 7.58. The monoisotopic (exact) mass is 412 g/mol. The van der Waals surface area contributed by atoms with Gasteiger partial charge in [-0.15, -0.1) is 11.3 Å². The molecule has 2 radical (unpaired) electrons. The number of carbonyl (C=O) groups excluding carboxylic acids is 1. The number of nitrogens with two attached hydrogens (primary N) is 1. The molecular weight excluding hydrogens is 383 g/mol. The molecule has 0 bridgehead atoms. The van der Waals surface area contributed by atoms with Crippen molar-refractivity contribution in [2.45, 2.75) is 26.7 Å². The summed E-state index contributed by atoms with van der Waals surface area (Å²) in [5, 5.41) is 4.61. The Balaban J connectivity index is 1.97. The van der Waals surface area contributed by atoms with Crippen LogP contribution in [0, 0.1) is 0 Å². The van der Waals surface area contributed by atoms with Crippen LogP contribution in [0.5, 0.6) is 5.75 Å². The number of ether oxygens (including phenoxy) is 1. The summed E-state index contributed by atoms with van der Waals surface area (Å²) in [5.41, 5.74) is 8.23. The average Bonchev–Trinajstić information content (AvgIpc) is 3.18. The fourth-order valence-corrected chi connectivity index (χ4v) is 3.93. The number of guanidine groups is 1. The van der Waals surface area contributed by atoms with Crippen LogP contribution in [0.2, 0.25) is 0 Å². The zero-order valence-electron chi connectivity index (χ0n) is 17.4. The minimum absolute atomic E-state index is 0.150. The summed E-state index contributed by atoms with van der Waals surface area (Å²) < 4.78 is 5.40. The van der Waals surface area contributed by atoms with E-state index in [1.165, 1.54) is 0 Å². The number of aliphatic imine (C=N–C) groups is 1. The number of hydrogen-bond acceptors (Lipinski definition) is 5. The van der Waals surface area contributed by atoms with E-state index in [0.717, 1.165) is 42.2 Å². The number of carbonyl (C=O) groups is 1. The Morgan fingerprint density at radius 1 is 1.28 bits per heavy atom. The van der Waals surface area contributed by atoms with Crippen molar-refractivity contribution in [3.05, 3.63) is 45.6 Å². The van der Waals surface area contributed by atoms with Crippen molar-refractivity contribution in [1.82, 2.24) is 10.2 Å². The normalized spacial score (nSPS) is 11.7. The molecule has 1 aromatic heterocycles. The molecule has 1 heterocycles. The largest absolute Gasteiger partial charge is 0.496 e. The third-order valence-electron chi connectivity index (χ3n) is 4.75. The lowest BCUT2D eigenvalue weighted by Crippen LogP contribution is -2.37. The molecule has 2 aromatic rings. The van der Waals surface area contributed by atoms with Crippen molar-refractivity contribution in [3.63, 3.8) is 0 Å². The van der Waals surface area contributed by atoms with Gasteiger partial charge < -0.3 is 15.4 Å². The number of hydrogen-bond donors (Lipinski definition) is 2. The van der Waals surface area contributed by atoms with Crippen LogP contribution in [0.1, 0.15) is 34.6 Å². The molecule has 1 aromatic carbocycles. The van der Waals surface area contributed by atoms with Gasteiger partial charge in [0.1, 0.15) is 13.6 Å². The lowest BCUT2D eigenvalue weighted by molar-refractivity contribution is 0.0976. The van der Waals surface area contributed by atoms with Crippen molar-refractivity contribution in [1.29, 1.82) is 0 Å². The second kappa shape index (κ2) is 11.6. The number of benzene rings is 1. The van der Waals surface area contributed by atoms with Crippen molar-refractivity contribution in [2.24, 2.45) is 10.7 Å². The highest BCUT2D eigenvalue weighted by molar-refractivity contribution is 7.10. The van der Waals surface area contributed by atoms with Gasteiger partial charge in [0, 0.05) is 11.4 Å². The molecule has 8 heteroatoms. The van der Waals surface area contributed by atoms with Crippen LogP contribution in [0.15, 0.2) is 34.6 Å². The van der Waals surface area contributed by atoms with E-state index < -0.39 is 0 Å². The molecule has 0 spiro atoms. The number of nitrogens with zero attached hydrogens (tertiary/aromatic N) is 2. The summed E-state index contributed by atoms with van der Waals surface area (Å²) in [5.74, 6) is 0.716. The van der Waals surface area contributed by atoms with Crippen LogP contribution in [0.3, 0.4) is 0 Å². The summed E-state index contributed by atoms with van der Waals surface area (Å²) in [7, 11) is 7.53. The summed E-state index contributed by atoms with van der Waals surface area (Å²) in [6.45, 7) is 7.52. The van der Waals surface area contributed by atoms with Crippen LogP contribution >= 0.6 is 11.3 Å². The smallest absolute Gasteiger partial charge is 0.259 e. The Labute approximate surface area is 178 Å². The zero-order valence-corrected chi connectivity index (χ0v) is 18.2. The molecule has 154 valence electrons. The minimum atomic E-state index is -0.232. The van der Waals surface area contributed by atoms with Gasteiger partial charge in [0.05, 0.1) is 19.2 Å². The summed E-state index contributed by atoms with van der Waals surface area (Å²) in [6.07, 6.45) is 1.43. The highest BCUT2D eigenvalue weighted by Crippen LogP contribution is 2.23. The van der Waals surface area contributed by atoms with Gasteiger partial charge in [-0.05, 0) is 49.0 Å². The first-order chi connectivity index (χ1) is 14.0. The van der Waals surface area contributed by atoms with Crippen LogP contribution in [0.4, 0.5) is 0 Å². The molecule has 0 fully saturated rings. The lowest BCUT2D eigenvalue weighted by Gasteiger charge is -2.16. The Bertz CT molecular complexity index is 834. The highest BCUT2D eigenvalue weighted by atomic mass is 32.1. The molecule has 0 aliphatic carbocycles. The Morgan fingerprint density at radius 2 is 2.03 bits per heavy atom. The quantitative estimate of drug-likeness (QED) is 0.354. The number of rotatable bonds is 10. The first kappa shape index (κ1) is 23.0. The molecule has 3 N–H and O–H groups in total. The summed E-state index contributed by atoms with van der Waals surface area (Å²) in [6, 6.07) is 7.40. The first-order valence-corrected chi connectivity index (χ1v) is 10.7. The molecule has 0 saturated heterocycles. The van der Waals surface area contributed by atoms with Gasteiger partial charge in [0.15, 0.2) is 5.96 Å². The van der Waals surface area contributed by atoms with E-state index in [9.17, 15) is 4.79 Å². The number of nitrogens with one attached hydrogen (secondary N) is 1. The van der Waals surface area contributed by atoms with E-state index in [2.05, 4.69) is 29.1 Å². The molecule has 0 unspecified atom stereocenters. The fraction of sp³-hybridized carbons (Fsp3) is 0.429. The first-order valence-electron chi connectivity index (χ1n) is 9.80. The number of thiophene rings is 1. The standard InChI is InChI=1S/C21H29BN4O2S/c1-4-26(5-2)12-11-24-21(23)25-20(27)17-10-13-29-19(17)9-6-15-14-16(22)7-8-18(15)28-3/h7-8,10,13-14H,4-6,9,11-12H2,1-3H3,(H3,23,24,25,27). The van der Waals surface area contributed by atoms with Crippen LogP contribution in [-0.4, -0.2) is 57.9 Å². The van der Waals surface area contributed by atoms with E-state index in [1.54, 1.807) is 18.4 Å². The van der Waals surface area contributed by atoms with Gasteiger partial charge in [0.2, 0.25) is 0 Å². The summed E-state index contributed by atoms with van der Waals surface area (Å²) in [4.78, 5) is 20.1. The zero-order chi connectivity index (χ0) is 21.2. The number of aryl methyl sites for hydroxylation is 2. The molecule has 6 nitrogen and oxygen atoms in total. The topological polar surface area (TPSA) is 79.9 Å². The Morgan fingerprint density at radius 3 is 2.72 bits per heavy atom. The SMILES string of the molecule is [B]c1ccc(OC)c(CCc2sccc2C(=O)NC(N)=NCCN(CC)CC)c1. The third kappa shape index (κ3) is 6.90. The van der Waals surface area contributed by atoms with Crippen molar-refractivity contribution >= 4 is 36.5 Å². The van der Waals surface area contributed by atoms with E-state index in [1.807, 2.05) is 29.6 Å². The van der Waals surface area contributed by atoms with Crippen molar-refractivity contribution < 1.29 is 9.53 Å². The van der Waals surface area contributed by atoms with Crippen LogP contribution < -0.4 is 21.3 Å². The second-order valence-electron chi connectivity index (χ2n) is 6.58. The van der Waals surface area contributed by atoms with Crippen LogP contribution in [-0.2, 0) is 12.8 Å². The fourth-order valence-electron chi connectivity index (χ4n) is 3.05. The molecule has 29 heavy (non-hydrogen) atoms. The minimum Gasteiger partial charge on any atom is -0.496 e. The maximum Gasteiger partial charge on any atom is 0.259 e. The third-order valence-corrected chi connectivity index (χ3v) is 5.73. The number of methoxy groups -OCH3 is 1. The molecule has 0 aliphatic heterocycles. The molecule has 0 saturated carbocycles. The van der Waals surface area contributed by atoms with E-state index in [0.29, 0.717) is 24.0 Å². The molecule has 0 aliphatic rings. The maximum absolute atomic E-state index is 12.6. The van der Waals surface area contributed by atoms with E-state index in [-0.39, 0.29) is 11.9 Å². The average molecular weight is 412 g/mol. The Kier molecular flexibility index (Phi) is 9.21. The Hall–Kier alpha value is -2.32. The van der Waals surface area contributed by atoms with Gasteiger partial charge in [-0.3, -0.25) is 15.1 Å². The lowest BCUT2D eigenvalue weighted by atomic mass is 9.92. The van der Waals surface area contributed by atoms with Crippen molar-refractivity contribution in [3.8, 4) is 5.75 Å². The summed E-state index contributed by atoms with van der Waals surface area (Å²) >= 11 is 1.55. The van der Waals surface area contributed by atoms with Crippen LogP contribution in [0.25, 0.3) is 0 Å². The van der Waals surface area contributed by atoms with E-state index >= 15 is 0 Å². The molecule has 1 amide bonds. The van der Waals surface area contributed by atoms with Gasteiger partial charge in [-0.25, -0.2) is 0 Å². The van der Waals surface area contributed by atoms with Gasteiger partial charge in [-0.1, -0.05) is 31.4 Å². The van der Waals surface area contributed by atoms with Gasteiger partial charge >= 0.3 is 0 Å². The van der Waals surface area contributed by atoms with Gasteiger partial charge in [0.25, 0.3) is 5.91 Å². The molecule has 0 atom stereocenters. The van der Waals surface area contributed by atoms with E-state index in [4.69, 9.17) is 18.3 Å². The molecular formula is C21H29BN4O2S. The molecule has 2 rings (SSSR count). The predicted molar refractivity (Wildman–Crippen MR) is 122 cm³/mol.